The van der Waals surface area contributed by atoms with Gasteiger partial charge < -0.3 is 15.0 Å². The average Bonchev–Trinajstić information content (AvgIpc) is 3.20. The highest BCUT2D eigenvalue weighted by Crippen LogP contribution is 2.26. The minimum atomic E-state index is -0.582. The Bertz CT molecular complexity index is 578. The van der Waals surface area contributed by atoms with Crippen molar-refractivity contribution in [2.45, 2.75) is 25.0 Å². The molecule has 1 aromatic carbocycles. The lowest BCUT2D eigenvalue weighted by molar-refractivity contribution is -0.144. The molecule has 7 heteroatoms. The van der Waals surface area contributed by atoms with Crippen LogP contribution < -0.4 is 5.32 Å². The zero-order chi connectivity index (χ0) is 15.5. The first kappa shape index (κ1) is 15.3. The molecule has 0 aromatic heterocycles. The van der Waals surface area contributed by atoms with Crippen LogP contribution in [0.15, 0.2) is 24.3 Å². The molecule has 2 heterocycles. The second-order valence-corrected chi connectivity index (χ2v) is 6.29. The van der Waals surface area contributed by atoms with Gasteiger partial charge in [-0.05, 0) is 25.0 Å². The van der Waals surface area contributed by atoms with E-state index < -0.39 is 18.0 Å². The molecular formula is C15H17FN2O3S. The Morgan fingerprint density at radius 3 is 2.91 bits per heavy atom. The van der Waals surface area contributed by atoms with Gasteiger partial charge in [0.15, 0.2) is 0 Å². The molecule has 1 aromatic rings. The third kappa shape index (κ3) is 3.10. The van der Waals surface area contributed by atoms with Gasteiger partial charge in [-0.15, -0.1) is 11.8 Å². The Balaban J connectivity index is 1.68. The van der Waals surface area contributed by atoms with E-state index in [-0.39, 0.29) is 17.5 Å². The fourth-order valence-corrected chi connectivity index (χ4v) is 3.78. The van der Waals surface area contributed by atoms with Gasteiger partial charge in [0.1, 0.15) is 18.0 Å². The van der Waals surface area contributed by atoms with E-state index >= 15 is 0 Å². The van der Waals surface area contributed by atoms with Gasteiger partial charge in [-0.1, -0.05) is 12.1 Å². The van der Waals surface area contributed by atoms with Crippen molar-refractivity contribution in [1.82, 2.24) is 4.90 Å². The van der Waals surface area contributed by atoms with Gasteiger partial charge in [0, 0.05) is 12.4 Å². The third-order valence-corrected chi connectivity index (χ3v) is 4.82. The standard InChI is InChI=1S/C15H17FN2O3S/c16-10-4-1-2-5-11(10)17-14(19)12-8-22-9-18(12)15(20)13-6-3-7-21-13/h1-2,4-5,12-13H,3,6-9H2,(H,17,19)/t12-,13-/m1/s1. The van der Waals surface area contributed by atoms with E-state index in [2.05, 4.69) is 5.32 Å². The van der Waals surface area contributed by atoms with Gasteiger partial charge in [0.05, 0.1) is 11.6 Å². The van der Waals surface area contributed by atoms with E-state index in [9.17, 15) is 14.0 Å². The first-order valence-electron chi connectivity index (χ1n) is 7.22. The summed E-state index contributed by atoms with van der Waals surface area (Å²) in [4.78, 5) is 26.3. The molecule has 2 amide bonds. The fraction of sp³-hybridized carbons (Fsp3) is 0.467. The number of ether oxygens (including phenoxy) is 1. The average molecular weight is 324 g/mol. The van der Waals surface area contributed by atoms with Crippen LogP contribution in [0.5, 0.6) is 0 Å². The smallest absolute Gasteiger partial charge is 0.253 e. The number of benzene rings is 1. The van der Waals surface area contributed by atoms with Crippen LogP contribution in [-0.2, 0) is 14.3 Å². The number of anilines is 1. The van der Waals surface area contributed by atoms with Gasteiger partial charge >= 0.3 is 0 Å². The van der Waals surface area contributed by atoms with Crippen molar-refractivity contribution in [1.29, 1.82) is 0 Å². The Hall–Kier alpha value is -1.60. The van der Waals surface area contributed by atoms with Gasteiger partial charge in [-0.2, -0.15) is 0 Å². The van der Waals surface area contributed by atoms with Crippen LogP contribution in [-0.4, -0.2) is 47.1 Å². The fourth-order valence-electron chi connectivity index (χ4n) is 2.61. The summed E-state index contributed by atoms with van der Waals surface area (Å²) in [5, 5.41) is 2.57. The van der Waals surface area contributed by atoms with Crippen LogP contribution in [0.3, 0.4) is 0 Å². The Morgan fingerprint density at radius 1 is 1.36 bits per heavy atom. The molecule has 118 valence electrons. The quantitative estimate of drug-likeness (QED) is 0.922. The van der Waals surface area contributed by atoms with Gasteiger partial charge in [0.2, 0.25) is 5.91 Å². The second kappa shape index (κ2) is 6.66. The third-order valence-electron chi connectivity index (χ3n) is 3.80. The number of hydrogen-bond acceptors (Lipinski definition) is 4. The molecule has 2 aliphatic heterocycles. The minimum absolute atomic E-state index is 0.133. The van der Waals surface area contributed by atoms with Crippen LogP contribution in [0.4, 0.5) is 10.1 Å². The van der Waals surface area contributed by atoms with Crippen molar-refractivity contribution in [3.63, 3.8) is 0 Å². The zero-order valence-corrected chi connectivity index (χ0v) is 12.8. The maximum absolute atomic E-state index is 13.6. The van der Waals surface area contributed by atoms with E-state index in [0.717, 1.165) is 6.42 Å². The zero-order valence-electron chi connectivity index (χ0n) is 12.0. The predicted octanol–water partition coefficient (Wildman–Crippen LogP) is 1.84. The van der Waals surface area contributed by atoms with E-state index in [1.165, 1.54) is 28.8 Å². The highest BCUT2D eigenvalue weighted by molar-refractivity contribution is 7.99. The number of para-hydroxylation sites is 1. The highest BCUT2D eigenvalue weighted by Gasteiger charge is 2.39. The monoisotopic (exact) mass is 324 g/mol. The SMILES string of the molecule is O=C(Nc1ccccc1F)[C@H]1CSCN1C(=O)[C@H]1CCCO1. The van der Waals surface area contributed by atoms with Crippen LogP contribution >= 0.6 is 11.8 Å². The number of nitrogens with one attached hydrogen (secondary N) is 1. The molecule has 0 radical (unpaired) electrons. The number of amides is 2. The first-order valence-corrected chi connectivity index (χ1v) is 8.37. The molecule has 0 spiro atoms. The van der Waals surface area contributed by atoms with E-state index in [1.54, 1.807) is 12.1 Å². The van der Waals surface area contributed by atoms with Crippen molar-refractivity contribution in [3.8, 4) is 0 Å². The number of carbonyl (C=O) groups is 2. The molecule has 0 aliphatic carbocycles. The lowest BCUT2D eigenvalue weighted by atomic mass is 10.2. The lowest BCUT2D eigenvalue weighted by Gasteiger charge is -2.25. The minimum Gasteiger partial charge on any atom is -0.368 e. The normalized spacial score (nSPS) is 24.5. The molecule has 0 saturated carbocycles. The molecule has 0 unspecified atom stereocenters. The summed E-state index contributed by atoms with van der Waals surface area (Å²) in [6, 6.07) is 5.41. The molecule has 3 rings (SSSR count). The van der Waals surface area contributed by atoms with Crippen LogP contribution in [0.1, 0.15) is 12.8 Å². The van der Waals surface area contributed by atoms with Gasteiger partial charge in [-0.3, -0.25) is 9.59 Å². The molecule has 2 aliphatic rings. The van der Waals surface area contributed by atoms with Crippen molar-refractivity contribution in [2.75, 3.05) is 23.6 Å². The molecular weight excluding hydrogens is 307 g/mol. The van der Waals surface area contributed by atoms with Crippen LogP contribution in [0.25, 0.3) is 0 Å². The van der Waals surface area contributed by atoms with E-state index in [1.807, 2.05) is 0 Å². The summed E-state index contributed by atoms with van der Waals surface area (Å²) >= 11 is 1.52. The molecule has 5 nitrogen and oxygen atoms in total. The Labute approximate surface area is 132 Å². The van der Waals surface area contributed by atoms with Crippen molar-refractivity contribution >= 4 is 29.3 Å². The van der Waals surface area contributed by atoms with E-state index in [4.69, 9.17) is 4.74 Å². The second-order valence-electron chi connectivity index (χ2n) is 5.29. The summed E-state index contributed by atoms with van der Waals surface area (Å²) in [5.41, 5.74) is 0.133. The predicted molar refractivity (Wildman–Crippen MR) is 82.0 cm³/mol. The molecule has 2 fully saturated rings. The summed E-state index contributed by atoms with van der Waals surface area (Å²) in [6.45, 7) is 0.587. The number of halogens is 1. The molecule has 22 heavy (non-hydrogen) atoms. The number of rotatable bonds is 3. The summed E-state index contributed by atoms with van der Waals surface area (Å²) < 4.78 is 19.0. The number of hydrogen-bond donors (Lipinski definition) is 1. The van der Waals surface area contributed by atoms with E-state index in [0.29, 0.717) is 24.7 Å². The molecule has 2 atom stereocenters. The lowest BCUT2D eigenvalue weighted by Crippen LogP contribution is -2.48. The maximum Gasteiger partial charge on any atom is 0.253 e. The summed E-state index contributed by atoms with van der Waals surface area (Å²) in [6.07, 6.45) is 1.12. The molecule has 1 N–H and O–H groups in total. The van der Waals surface area contributed by atoms with Gasteiger partial charge in [0.25, 0.3) is 5.91 Å². The number of thioether (sulfide) groups is 1. The van der Waals surface area contributed by atoms with Crippen LogP contribution in [0, 0.1) is 5.82 Å². The Kier molecular flexibility index (Phi) is 4.63. The largest absolute Gasteiger partial charge is 0.368 e. The maximum atomic E-state index is 13.6. The number of carbonyl (C=O) groups excluding carboxylic acids is 2. The summed E-state index contributed by atoms with van der Waals surface area (Å²) in [7, 11) is 0. The topological polar surface area (TPSA) is 58.6 Å². The Morgan fingerprint density at radius 2 is 2.18 bits per heavy atom. The summed E-state index contributed by atoms with van der Waals surface area (Å²) in [5.74, 6) is -0.0107. The van der Waals surface area contributed by atoms with Gasteiger partial charge in [-0.25, -0.2) is 4.39 Å². The van der Waals surface area contributed by atoms with Crippen LogP contribution in [0.2, 0.25) is 0 Å². The van der Waals surface area contributed by atoms with Crippen molar-refractivity contribution < 1.29 is 18.7 Å². The van der Waals surface area contributed by atoms with Crippen molar-refractivity contribution in [3.05, 3.63) is 30.1 Å². The molecule has 0 bridgehead atoms. The highest BCUT2D eigenvalue weighted by atomic mass is 32.2. The number of nitrogens with zero attached hydrogens (tertiary/aromatic N) is 1. The van der Waals surface area contributed by atoms with Crippen molar-refractivity contribution in [2.24, 2.45) is 0 Å². The first-order chi connectivity index (χ1) is 10.7. The molecule has 2 saturated heterocycles.